The van der Waals surface area contributed by atoms with Crippen LogP contribution in [0.4, 0.5) is 0 Å². The molecule has 1 aliphatic rings. The first-order valence-corrected chi connectivity index (χ1v) is 5.65. The molecule has 3 nitrogen and oxygen atoms in total. The van der Waals surface area contributed by atoms with Crippen LogP contribution < -0.4 is 4.74 Å². The third-order valence-electron chi connectivity index (χ3n) is 3.53. The number of rotatable bonds is 3. The molecule has 1 saturated heterocycles. The minimum Gasteiger partial charge on any atom is -0.496 e. The first-order chi connectivity index (χ1) is 7.72. The Labute approximate surface area is 96.6 Å². The van der Waals surface area contributed by atoms with Crippen LogP contribution in [-0.2, 0) is 5.41 Å². The van der Waals surface area contributed by atoms with Gasteiger partial charge in [-0.25, -0.2) is 0 Å². The van der Waals surface area contributed by atoms with Gasteiger partial charge in [0.2, 0.25) is 0 Å². The fraction of sp³-hybridized carbons (Fsp3) is 0.538. The fourth-order valence-corrected chi connectivity index (χ4v) is 2.60. The minimum absolute atomic E-state index is 0.151. The second kappa shape index (κ2) is 4.44. The van der Waals surface area contributed by atoms with Crippen molar-refractivity contribution in [3.05, 3.63) is 29.8 Å². The van der Waals surface area contributed by atoms with Crippen molar-refractivity contribution in [1.29, 1.82) is 0 Å². The molecule has 0 bridgehead atoms. The Balaban J connectivity index is 2.40. The SMILES string of the molecule is COc1ccccc1C1(CO)CCN(C)C1. The van der Waals surface area contributed by atoms with Gasteiger partial charge in [0.25, 0.3) is 0 Å². The van der Waals surface area contributed by atoms with Gasteiger partial charge in [0.15, 0.2) is 0 Å². The lowest BCUT2D eigenvalue weighted by molar-refractivity contribution is 0.191. The van der Waals surface area contributed by atoms with Crippen LogP contribution in [0.2, 0.25) is 0 Å². The topological polar surface area (TPSA) is 32.7 Å². The van der Waals surface area contributed by atoms with Gasteiger partial charge in [-0.05, 0) is 26.1 Å². The molecule has 2 rings (SSSR count). The maximum Gasteiger partial charge on any atom is 0.122 e. The summed E-state index contributed by atoms with van der Waals surface area (Å²) in [5.74, 6) is 0.881. The molecule has 0 aliphatic carbocycles. The lowest BCUT2D eigenvalue weighted by Crippen LogP contribution is -2.33. The number of ether oxygens (including phenoxy) is 1. The predicted molar refractivity (Wildman–Crippen MR) is 63.9 cm³/mol. The summed E-state index contributed by atoms with van der Waals surface area (Å²) in [6.07, 6.45) is 0.986. The lowest BCUT2D eigenvalue weighted by Gasteiger charge is -2.28. The Kier molecular flexibility index (Phi) is 3.17. The van der Waals surface area contributed by atoms with Crippen molar-refractivity contribution in [2.24, 2.45) is 0 Å². The van der Waals surface area contributed by atoms with E-state index in [-0.39, 0.29) is 12.0 Å². The molecule has 88 valence electrons. The largest absolute Gasteiger partial charge is 0.496 e. The van der Waals surface area contributed by atoms with Gasteiger partial charge in [-0.1, -0.05) is 18.2 Å². The summed E-state index contributed by atoms with van der Waals surface area (Å²) < 4.78 is 5.39. The van der Waals surface area contributed by atoms with Crippen molar-refractivity contribution in [3.63, 3.8) is 0 Å². The maximum absolute atomic E-state index is 9.73. The van der Waals surface area contributed by atoms with Gasteiger partial charge >= 0.3 is 0 Å². The fourth-order valence-electron chi connectivity index (χ4n) is 2.60. The highest BCUT2D eigenvalue weighted by Crippen LogP contribution is 2.38. The zero-order valence-electron chi connectivity index (χ0n) is 9.94. The summed E-state index contributed by atoms with van der Waals surface area (Å²) in [4.78, 5) is 2.25. The zero-order chi connectivity index (χ0) is 11.6. The molecule has 0 spiro atoms. The molecule has 0 aromatic heterocycles. The molecule has 3 heteroatoms. The Morgan fingerprint density at radius 2 is 2.19 bits per heavy atom. The van der Waals surface area contributed by atoms with Crippen molar-refractivity contribution in [2.75, 3.05) is 33.9 Å². The normalized spacial score (nSPS) is 25.9. The van der Waals surface area contributed by atoms with Crippen molar-refractivity contribution in [3.8, 4) is 5.75 Å². The Hall–Kier alpha value is -1.06. The molecule has 1 aliphatic heterocycles. The van der Waals surface area contributed by atoms with E-state index in [9.17, 15) is 5.11 Å². The molecule has 1 fully saturated rings. The number of nitrogens with zero attached hydrogens (tertiary/aromatic N) is 1. The number of likely N-dealkylation sites (tertiary alicyclic amines) is 1. The third-order valence-corrected chi connectivity index (χ3v) is 3.53. The van der Waals surface area contributed by atoms with Crippen LogP contribution in [0, 0.1) is 0 Å². The maximum atomic E-state index is 9.73. The molecule has 1 N–H and O–H groups in total. The molecule has 1 heterocycles. The highest BCUT2D eigenvalue weighted by Gasteiger charge is 2.39. The molecule has 16 heavy (non-hydrogen) atoms. The van der Waals surface area contributed by atoms with E-state index in [1.165, 1.54) is 0 Å². The van der Waals surface area contributed by atoms with E-state index in [4.69, 9.17) is 4.74 Å². The quantitative estimate of drug-likeness (QED) is 0.834. The van der Waals surface area contributed by atoms with Gasteiger partial charge in [0.1, 0.15) is 5.75 Å². The van der Waals surface area contributed by atoms with E-state index in [2.05, 4.69) is 18.0 Å². The van der Waals surface area contributed by atoms with Crippen molar-refractivity contribution in [1.82, 2.24) is 4.90 Å². The van der Waals surface area contributed by atoms with Gasteiger partial charge in [-0.15, -0.1) is 0 Å². The average molecular weight is 221 g/mol. The number of likely N-dealkylation sites (N-methyl/N-ethyl adjacent to an activating group) is 1. The predicted octanol–water partition coefficient (Wildman–Crippen LogP) is 1.26. The van der Waals surface area contributed by atoms with Crippen LogP contribution in [0.3, 0.4) is 0 Å². The molecule has 0 amide bonds. The van der Waals surface area contributed by atoms with Crippen LogP contribution in [-0.4, -0.2) is 43.9 Å². The summed E-state index contributed by atoms with van der Waals surface area (Å²) in [6, 6.07) is 8.00. The standard InChI is InChI=1S/C13H19NO2/c1-14-8-7-13(9-14,10-15)11-5-3-4-6-12(11)16-2/h3-6,15H,7-10H2,1-2H3. The van der Waals surface area contributed by atoms with Crippen LogP contribution in [0.5, 0.6) is 5.75 Å². The summed E-state index contributed by atoms with van der Waals surface area (Å²) >= 11 is 0. The Morgan fingerprint density at radius 3 is 2.75 bits per heavy atom. The van der Waals surface area contributed by atoms with Gasteiger partial charge < -0.3 is 14.7 Å². The van der Waals surface area contributed by atoms with E-state index in [0.29, 0.717) is 0 Å². The highest BCUT2D eigenvalue weighted by atomic mass is 16.5. The van der Waals surface area contributed by atoms with Crippen LogP contribution >= 0.6 is 0 Å². The van der Waals surface area contributed by atoms with E-state index in [1.807, 2.05) is 18.2 Å². The van der Waals surface area contributed by atoms with E-state index >= 15 is 0 Å². The van der Waals surface area contributed by atoms with Gasteiger partial charge in [0, 0.05) is 17.5 Å². The zero-order valence-corrected chi connectivity index (χ0v) is 9.94. The Morgan fingerprint density at radius 1 is 1.44 bits per heavy atom. The summed E-state index contributed by atoms with van der Waals surface area (Å²) in [5, 5.41) is 9.73. The van der Waals surface area contributed by atoms with Crippen LogP contribution in [0.1, 0.15) is 12.0 Å². The molecule has 0 saturated carbocycles. The van der Waals surface area contributed by atoms with E-state index < -0.39 is 0 Å². The molecule has 1 aromatic rings. The number of methoxy groups -OCH3 is 1. The van der Waals surface area contributed by atoms with Gasteiger partial charge in [-0.2, -0.15) is 0 Å². The van der Waals surface area contributed by atoms with E-state index in [1.54, 1.807) is 7.11 Å². The first-order valence-electron chi connectivity index (χ1n) is 5.65. The number of hydrogen-bond acceptors (Lipinski definition) is 3. The summed E-state index contributed by atoms with van der Waals surface area (Å²) in [7, 11) is 3.77. The number of aliphatic hydroxyl groups excluding tert-OH is 1. The minimum atomic E-state index is -0.151. The van der Waals surface area contributed by atoms with Crippen LogP contribution in [0.15, 0.2) is 24.3 Å². The number of aliphatic hydroxyl groups is 1. The first kappa shape index (κ1) is 11.4. The van der Waals surface area contributed by atoms with Gasteiger partial charge in [-0.3, -0.25) is 0 Å². The number of benzene rings is 1. The van der Waals surface area contributed by atoms with Crippen molar-refractivity contribution >= 4 is 0 Å². The highest BCUT2D eigenvalue weighted by molar-refractivity contribution is 5.41. The van der Waals surface area contributed by atoms with Crippen molar-refractivity contribution < 1.29 is 9.84 Å². The monoisotopic (exact) mass is 221 g/mol. The number of para-hydroxylation sites is 1. The van der Waals surface area contributed by atoms with Crippen LogP contribution in [0.25, 0.3) is 0 Å². The second-order valence-corrected chi connectivity index (χ2v) is 4.63. The molecular weight excluding hydrogens is 202 g/mol. The van der Waals surface area contributed by atoms with Gasteiger partial charge in [0.05, 0.1) is 13.7 Å². The molecule has 1 unspecified atom stereocenters. The average Bonchev–Trinajstić information content (AvgIpc) is 2.72. The smallest absolute Gasteiger partial charge is 0.122 e. The summed E-state index contributed by atoms with van der Waals surface area (Å²) in [5.41, 5.74) is 0.978. The lowest BCUT2D eigenvalue weighted by atomic mass is 9.80. The summed E-state index contributed by atoms with van der Waals surface area (Å²) in [6.45, 7) is 2.10. The van der Waals surface area contributed by atoms with Crippen molar-refractivity contribution in [2.45, 2.75) is 11.8 Å². The molecule has 1 aromatic carbocycles. The Bertz CT molecular complexity index is 367. The molecule has 0 radical (unpaired) electrons. The molecular formula is C13H19NO2. The number of hydrogen-bond donors (Lipinski definition) is 1. The third kappa shape index (κ3) is 1.81. The molecule has 1 atom stereocenters. The van der Waals surface area contributed by atoms with E-state index in [0.717, 1.165) is 30.8 Å². The second-order valence-electron chi connectivity index (χ2n) is 4.63.